The fourth-order valence-corrected chi connectivity index (χ4v) is 1.08. The molecule has 0 fully saturated rings. The Labute approximate surface area is 94.2 Å². The summed E-state index contributed by atoms with van der Waals surface area (Å²) in [6.07, 6.45) is 5.99. The van der Waals surface area contributed by atoms with Crippen molar-refractivity contribution in [1.29, 1.82) is 0 Å². The van der Waals surface area contributed by atoms with E-state index in [1.807, 2.05) is 6.08 Å². The summed E-state index contributed by atoms with van der Waals surface area (Å²) in [5, 5.41) is 0. The minimum absolute atomic E-state index is 0.0537. The zero-order valence-corrected chi connectivity index (χ0v) is 9.19. The lowest BCUT2D eigenvalue weighted by Crippen LogP contribution is -2.14. The van der Waals surface area contributed by atoms with E-state index in [0.29, 0.717) is 17.6 Å². The van der Waals surface area contributed by atoms with Gasteiger partial charge in [0.2, 0.25) is 0 Å². The van der Waals surface area contributed by atoms with E-state index in [0.717, 1.165) is 0 Å². The van der Waals surface area contributed by atoms with E-state index in [2.05, 4.69) is 6.58 Å². The van der Waals surface area contributed by atoms with Crippen LogP contribution in [0.2, 0.25) is 0 Å². The zero-order valence-electron chi connectivity index (χ0n) is 9.19. The number of hydrogen-bond donors (Lipinski definition) is 0. The highest BCUT2D eigenvalue weighted by atomic mass is 16.6. The first-order chi connectivity index (χ1) is 7.61. The maximum absolute atomic E-state index is 11.3. The molecule has 4 nitrogen and oxygen atoms in total. The maximum atomic E-state index is 11.3. The van der Waals surface area contributed by atoms with Gasteiger partial charge in [0.05, 0.1) is 0 Å². The Morgan fingerprint density at radius 2 is 2.06 bits per heavy atom. The molecule has 16 heavy (non-hydrogen) atoms. The molecule has 0 spiro atoms. The van der Waals surface area contributed by atoms with Gasteiger partial charge in [-0.1, -0.05) is 24.8 Å². The van der Waals surface area contributed by atoms with Gasteiger partial charge in [-0.15, -0.1) is 0 Å². The van der Waals surface area contributed by atoms with Crippen LogP contribution in [0.3, 0.4) is 0 Å². The Bertz CT molecular complexity index is 363. The number of rotatable bonds is 5. The van der Waals surface area contributed by atoms with Gasteiger partial charge < -0.3 is 9.47 Å². The molecule has 0 unspecified atom stereocenters. The third kappa shape index (κ3) is 3.73. The smallest absolute Gasteiger partial charge is 0.334 e. The van der Waals surface area contributed by atoms with Crippen LogP contribution in [0, 0.1) is 0 Å². The Morgan fingerprint density at radius 3 is 2.62 bits per heavy atom. The van der Waals surface area contributed by atoms with Crippen molar-refractivity contribution in [1.82, 2.24) is 0 Å². The van der Waals surface area contributed by atoms with Crippen LogP contribution < -0.4 is 0 Å². The van der Waals surface area contributed by atoms with Crippen molar-refractivity contribution in [2.24, 2.45) is 0 Å². The normalized spacial score (nSPS) is 13.2. The van der Waals surface area contributed by atoms with Crippen molar-refractivity contribution in [2.45, 2.75) is 13.3 Å². The molecular weight excluding hydrogens is 208 g/mol. The van der Waals surface area contributed by atoms with E-state index in [-0.39, 0.29) is 19.2 Å². The second kappa shape index (κ2) is 5.90. The predicted molar refractivity (Wildman–Crippen MR) is 58.6 cm³/mol. The molecule has 0 N–H and O–H groups in total. The van der Waals surface area contributed by atoms with Gasteiger partial charge in [-0.3, -0.25) is 0 Å². The van der Waals surface area contributed by atoms with E-state index in [9.17, 15) is 9.59 Å². The molecule has 0 atom stereocenters. The predicted octanol–water partition coefficient (Wildman–Crippen LogP) is 1.54. The summed E-state index contributed by atoms with van der Waals surface area (Å²) in [6.45, 7) is 5.11. The first kappa shape index (κ1) is 12.2. The summed E-state index contributed by atoms with van der Waals surface area (Å²) in [7, 11) is 0. The second-order valence-corrected chi connectivity index (χ2v) is 3.38. The molecule has 0 radical (unpaired) electrons. The lowest BCUT2D eigenvalue weighted by molar-refractivity contribution is -0.147. The molecule has 0 heterocycles. The fourth-order valence-electron chi connectivity index (χ4n) is 1.08. The molecular formula is C12H14O4. The van der Waals surface area contributed by atoms with Crippen molar-refractivity contribution < 1.29 is 19.1 Å². The molecule has 86 valence electrons. The summed E-state index contributed by atoms with van der Waals surface area (Å²) in [5.74, 6) is -0.839. The third-order valence-corrected chi connectivity index (χ3v) is 1.93. The van der Waals surface area contributed by atoms with Gasteiger partial charge in [0.15, 0.2) is 0 Å². The standard InChI is InChI=1S/C12H14O4/c1-9(2)11(13)15-7-8-16-12(14)10-5-3-4-6-10/h3-5H,1,6-8H2,2H3. The molecule has 0 saturated carbocycles. The number of allylic oxidation sites excluding steroid dienone is 3. The molecule has 0 aromatic heterocycles. The molecule has 0 bridgehead atoms. The highest BCUT2D eigenvalue weighted by Crippen LogP contribution is 2.11. The summed E-state index contributed by atoms with van der Waals surface area (Å²) >= 11 is 0. The van der Waals surface area contributed by atoms with Gasteiger partial charge in [-0.25, -0.2) is 9.59 Å². The van der Waals surface area contributed by atoms with Crippen LogP contribution in [0.15, 0.2) is 36.0 Å². The highest BCUT2D eigenvalue weighted by Gasteiger charge is 2.11. The van der Waals surface area contributed by atoms with E-state index >= 15 is 0 Å². The quantitative estimate of drug-likeness (QED) is 0.402. The van der Waals surface area contributed by atoms with Crippen molar-refractivity contribution in [3.8, 4) is 0 Å². The fraction of sp³-hybridized carbons (Fsp3) is 0.333. The minimum Gasteiger partial charge on any atom is -0.459 e. The molecule has 1 rings (SSSR count). The van der Waals surface area contributed by atoms with Gasteiger partial charge in [-0.2, -0.15) is 0 Å². The van der Waals surface area contributed by atoms with E-state index < -0.39 is 5.97 Å². The molecule has 0 saturated heterocycles. The first-order valence-corrected chi connectivity index (χ1v) is 4.96. The van der Waals surface area contributed by atoms with E-state index in [4.69, 9.17) is 9.47 Å². The van der Waals surface area contributed by atoms with Crippen LogP contribution in [0.25, 0.3) is 0 Å². The second-order valence-electron chi connectivity index (χ2n) is 3.38. The van der Waals surface area contributed by atoms with Crippen LogP contribution in [0.5, 0.6) is 0 Å². The molecule has 0 aliphatic heterocycles. The Hall–Kier alpha value is -1.84. The number of carbonyl (C=O) groups excluding carboxylic acids is 2. The molecule has 1 aliphatic rings. The lowest BCUT2D eigenvalue weighted by Gasteiger charge is -2.06. The minimum atomic E-state index is -0.474. The maximum Gasteiger partial charge on any atom is 0.334 e. The summed E-state index contributed by atoms with van der Waals surface area (Å²) in [5.41, 5.74) is 0.945. The lowest BCUT2D eigenvalue weighted by atomic mass is 10.2. The van der Waals surface area contributed by atoms with Crippen LogP contribution in [0.4, 0.5) is 0 Å². The summed E-state index contributed by atoms with van der Waals surface area (Å²) < 4.78 is 9.67. The third-order valence-electron chi connectivity index (χ3n) is 1.93. The highest BCUT2D eigenvalue weighted by molar-refractivity contribution is 5.90. The molecule has 1 aliphatic carbocycles. The first-order valence-electron chi connectivity index (χ1n) is 4.96. The molecule has 0 aromatic rings. The van der Waals surface area contributed by atoms with Gasteiger partial charge in [0, 0.05) is 11.1 Å². The van der Waals surface area contributed by atoms with Crippen molar-refractivity contribution in [3.63, 3.8) is 0 Å². The van der Waals surface area contributed by atoms with E-state index in [1.165, 1.54) is 0 Å². The topological polar surface area (TPSA) is 52.6 Å². The number of carbonyl (C=O) groups is 2. The van der Waals surface area contributed by atoms with Gasteiger partial charge in [-0.05, 0) is 13.3 Å². The summed E-state index contributed by atoms with van der Waals surface area (Å²) in [6, 6.07) is 0. The zero-order chi connectivity index (χ0) is 12.0. The van der Waals surface area contributed by atoms with Crippen LogP contribution in [-0.4, -0.2) is 25.2 Å². The molecule has 0 amide bonds. The monoisotopic (exact) mass is 222 g/mol. The Kier molecular flexibility index (Phi) is 4.51. The van der Waals surface area contributed by atoms with Crippen LogP contribution >= 0.6 is 0 Å². The van der Waals surface area contributed by atoms with Crippen molar-refractivity contribution in [2.75, 3.05) is 13.2 Å². The van der Waals surface area contributed by atoms with Crippen molar-refractivity contribution in [3.05, 3.63) is 36.0 Å². The largest absolute Gasteiger partial charge is 0.459 e. The molecule has 0 aromatic carbocycles. The molecule has 4 heteroatoms. The number of esters is 2. The summed E-state index contributed by atoms with van der Waals surface area (Å²) in [4.78, 5) is 22.3. The van der Waals surface area contributed by atoms with Gasteiger partial charge in [0.25, 0.3) is 0 Å². The van der Waals surface area contributed by atoms with Crippen molar-refractivity contribution >= 4 is 11.9 Å². The van der Waals surface area contributed by atoms with Gasteiger partial charge >= 0.3 is 11.9 Å². The van der Waals surface area contributed by atoms with Crippen LogP contribution in [-0.2, 0) is 19.1 Å². The number of ether oxygens (including phenoxy) is 2. The number of hydrogen-bond acceptors (Lipinski definition) is 4. The average molecular weight is 222 g/mol. The Morgan fingerprint density at radius 1 is 1.38 bits per heavy atom. The SMILES string of the molecule is C=C(C)C(=O)OCCOC(=O)C1=CC=CC1. The average Bonchev–Trinajstić information content (AvgIpc) is 2.76. The van der Waals surface area contributed by atoms with Gasteiger partial charge in [0.1, 0.15) is 13.2 Å². The Balaban J connectivity index is 2.14. The van der Waals surface area contributed by atoms with E-state index in [1.54, 1.807) is 19.1 Å². The van der Waals surface area contributed by atoms with Crippen LogP contribution in [0.1, 0.15) is 13.3 Å².